The lowest BCUT2D eigenvalue weighted by molar-refractivity contribution is 0.112. The summed E-state index contributed by atoms with van der Waals surface area (Å²) in [5.74, 6) is 0. The van der Waals surface area contributed by atoms with Crippen LogP contribution in [0.4, 0.5) is 5.69 Å². The molecule has 0 aliphatic carbocycles. The van der Waals surface area contributed by atoms with Crippen molar-refractivity contribution in [3.8, 4) is 5.69 Å². The number of anilines is 1. The number of aldehydes is 1. The number of benzene rings is 1. The Morgan fingerprint density at radius 1 is 0.862 bits per heavy atom. The number of pyridine rings is 1. The number of hydrogen-bond donors (Lipinski definition) is 0. The molecule has 3 heterocycles. The number of aryl methyl sites for hydroxylation is 1. The van der Waals surface area contributed by atoms with Crippen LogP contribution in [0.25, 0.3) is 16.7 Å². The van der Waals surface area contributed by atoms with Crippen LogP contribution < -0.4 is 21.7 Å². The van der Waals surface area contributed by atoms with E-state index >= 15 is 0 Å². The number of rotatable bonds is 3. The van der Waals surface area contributed by atoms with Crippen molar-refractivity contribution in [1.82, 2.24) is 13.7 Å². The van der Waals surface area contributed by atoms with Crippen molar-refractivity contribution in [2.45, 2.75) is 19.3 Å². The zero-order valence-corrected chi connectivity index (χ0v) is 16.4. The van der Waals surface area contributed by atoms with E-state index in [1.807, 2.05) is 4.90 Å². The number of piperidine rings is 1. The molecule has 0 amide bonds. The summed E-state index contributed by atoms with van der Waals surface area (Å²) < 4.78 is 3.60. The highest BCUT2D eigenvalue weighted by Crippen LogP contribution is 2.29. The van der Waals surface area contributed by atoms with Gasteiger partial charge < -0.3 is 4.90 Å². The largest absolute Gasteiger partial charge is 0.370 e. The fourth-order valence-corrected chi connectivity index (χ4v) is 4.12. The molecule has 150 valence electrons. The van der Waals surface area contributed by atoms with Crippen molar-refractivity contribution >= 4 is 23.0 Å². The lowest BCUT2D eigenvalue weighted by atomic mass is 10.1. The van der Waals surface area contributed by atoms with Crippen LogP contribution in [0, 0.1) is 0 Å². The van der Waals surface area contributed by atoms with Gasteiger partial charge in [-0.1, -0.05) is 18.2 Å². The Kier molecular flexibility index (Phi) is 4.70. The number of carbonyl (C=O) groups is 1. The van der Waals surface area contributed by atoms with Crippen molar-refractivity contribution in [3.05, 3.63) is 67.1 Å². The number of aromatic nitrogens is 3. The normalized spacial score (nSPS) is 14.3. The minimum absolute atomic E-state index is 0.0565. The fraction of sp³-hybridized carbons (Fsp3) is 0.333. The Morgan fingerprint density at radius 3 is 2.14 bits per heavy atom. The first-order valence-corrected chi connectivity index (χ1v) is 9.61. The monoisotopic (exact) mass is 394 g/mol. The molecule has 0 atom stereocenters. The maximum atomic E-state index is 13.4. The standard InChI is InChI=1S/C21H22N4O4/c1-22-18-16(20(28)23(2)21(22)29)17(24-11-7-4-8-12-24)15(13-26)19(27)25(18)14-9-5-3-6-10-14/h3,5-6,9-10,13H,4,7-8,11-12H2,1-2H3. The van der Waals surface area contributed by atoms with E-state index in [9.17, 15) is 19.2 Å². The van der Waals surface area contributed by atoms with Crippen LogP contribution in [0.1, 0.15) is 29.6 Å². The molecule has 8 nitrogen and oxygen atoms in total. The molecule has 0 unspecified atom stereocenters. The minimum Gasteiger partial charge on any atom is -0.370 e. The molecule has 2 aromatic heterocycles. The maximum Gasteiger partial charge on any atom is 0.332 e. The van der Waals surface area contributed by atoms with Crippen LogP contribution in [-0.4, -0.2) is 33.1 Å². The topological polar surface area (TPSA) is 86.3 Å². The lowest BCUT2D eigenvalue weighted by Gasteiger charge is -2.31. The number of fused-ring (bicyclic) bond motifs is 1. The second kappa shape index (κ2) is 7.20. The van der Waals surface area contributed by atoms with Gasteiger partial charge in [0.15, 0.2) is 6.29 Å². The third-order valence-electron chi connectivity index (χ3n) is 5.58. The predicted molar refractivity (Wildman–Crippen MR) is 111 cm³/mol. The zero-order valence-electron chi connectivity index (χ0n) is 16.4. The van der Waals surface area contributed by atoms with Crippen LogP contribution in [-0.2, 0) is 14.1 Å². The van der Waals surface area contributed by atoms with Crippen molar-refractivity contribution < 1.29 is 4.79 Å². The summed E-state index contributed by atoms with van der Waals surface area (Å²) in [4.78, 5) is 53.3. The highest BCUT2D eigenvalue weighted by Gasteiger charge is 2.27. The fourth-order valence-electron chi connectivity index (χ4n) is 4.12. The molecule has 1 fully saturated rings. The van der Waals surface area contributed by atoms with Gasteiger partial charge in [-0.15, -0.1) is 0 Å². The van der Waals surface area contributed by atoms with Crippen molar-refractivity contribution in [2.75, 3.05) is 18.0 Å². The number of hydrogen-bond acceptors (Lipinski definition) is 5. The van der Waals surface area contributed by atoms with Gasteiger partial charge in [0, 0.05) is 27.2 Å². The van der Waals surface area contributed by atoms with Gasteiger partial charge in [-0.3, -0.25) is 28.1 Å². The van der Waals surface area contributed by atoms with E-state index in [-0.39, 0.29) is 16.6 Å². The predicted octanol–water partition coefficient (Wildman–Crippen LogP) is 1.19. The van der Waals surface area contributed by atoms with E-state index in [0.717, 1.165) is 23.8 Å². The molecule has 1 saturated heterocycles. The second-order valence-corrected chi connectivity index (χ2v) is 7.31. The first-order valence-electron chi connectivity index (χ1n) is 9.61. The highest BCUT2D eigenvalue weighted by molar-refractivity contribution is 6.00. The van der Waals surface area contributed by atoms with Crippen molar-refractivity contribution in [1.29, 1.82) is 0 Å². The molecule has 0 N–H and O–H groups in total. The zero-order chi connectivity index (χ0) is 20.7. The average molecular weight is 394 g/mol. The molecule has 1 aliphatic heterocycles. The molecule has 0 spiro atoms. The lowest BCUT2D eigenvalue weighted by Crippen LogP contribution is -2.42. The van der Waals surface area contributed by atoms with Gasteiger partial charge in [0.25, 0.3) is 11.1 Å². The van der Waals surface area contributed by atoms with Crippen molar-refractivity contribution in [2.24, 2.45) is 14.1 Å². The smallest absolute Gasteiger partial charge is 0.332 e. The third kappa shape index (κ3) is 2.83. The van der Waals surface area contributed by atoms with Gasteiger partial charge in [-0.25, -0.2) is 4.79 Å². The number of nitrogens with zero attached hydrogens (tertiary/aromatic N) is 4. The molecule has 0 radical (unpaired) electrons. The van der Waals surface area contributed by atoms with Gasteiger partial charge in [0.1, 0.15) is 16.6 Å². The summed E-state index contributed by atoms with van der Waals surface area (Å²) in [7, 11) is 2.94. The van der Waals surface area contributed by atoms with Gasteiger partial charge in [-0.05, 0) is 31.4 Å². The molecular weight excluding hydrogens is 372 g/mol. The first-order chi connectivity index (χ1) is 14.0. The molecule has 1 aliphatic rings. The van der Waals surface area contributed by atoms with Gasteiger partial charge in [0.05, 0.1) is 11.4 Å². The second-order valence-electron chi connectivity index (χ2n) is 7.31. The summed E-state index contributed by atoms with van der Waals surface area (Å²) in [6.45, 7) is 1.30. The van der Waals surface area contributed by atoms with Crippen LogP contribution in [0.3, 0.4) is 0 Å². The van der Waals surface area contributed by atoms with Crippen LogP contribution in [0.15, 0.2) is 44.7 Å². The number of carbonyl (C=O) groups excluding carboxylic acids is 1. The Balaban J connectivity index is 2.29. The Bertz CT molecular complexity index is 1280. The van der Waals surface area contributed by atoms with Gasteiger partial charge in [-0.2, -0.15) is 0 Å². The van der Waals surface area contributed by atoms with Crippen LogP contribution in [0.2, 0.25) is 0 Å². The minimum atomic E-state index is -0.539. The molecule has 1 aromatic carbocycles. The molecule has 0 saturated carbocycles. The Labute approximate surface area is 166 Å². The average Bonchev–Trinajstić information content (AvgIpc) is 2.76. The molecule has 3 aromatic rings. The SMILES string of the molecule is Cn1c(=O)c2c(N3CCCCC3)c(C=O)c(=O)n(-c3ccccc3)c2n(C)c1=O. The van der Waals surface area contributed by atoms with Crippen molar-refractivity contribution in [3.63, 3.8) is 0 Å². The Morgan fingerprint density at radius 2 is 1.52 bits per heavy atom. The highest BCUT2D eigenvalue weighted by atomic mass is 16.2. The summed E-state index contributed by atoms with van der Waals surface area (Å²) in [5.41, 5.74) is -0.629. The summed E-state index contributed by atoms with van der Waals surface area (Å²) >= 11 is 0. The summed E-state index contributed by atoms with van der Waals surface area (Å²) in [6, 6.07) is 8.73. The van der Waals surface area contributed by atoms with E-state index in [2.05, 4.69) is 0 Å². The quantitative estimate of drug-likeness (QED) is 0.623. The molecule has 4 rings (SSSR count). The van der Waals surface area contributed by atoms with Gasteiger partial charge >= 0.3 is 5.69 Å². The summed E-state index contributed by atoms with van der Waals surface area (Å²) in [5, 5.41) is 0.210. The number of para-hydroxylation sites is 1. The van der Waals surface area contributed by atoms with E-state index in [0.29, 0.717) is 30.8 Å². The van der Waals surface area contributed by atoms with E-state index < -0.39 is 16.8 Å². The van der Waals surface area contributed by atoms with Crippen LogP contribution in [0.5, 0.6) is 0 Å². The van der Waals surface area contributed by atoms with Gasteiger partial charge in [0.2, 0.25) is 0 Å². The molecule has 0 bridgehead atoms. The van der Waals surface area contributed by atoms with E-state index in [1.54, 1.807) is 30.3 Å². The molecular formula is C21H22N4O4. The first kappa shape index (κ1) is 18.9. The molecule has 29 heavy (non-hydrogen) atoms. The molecule has 8 heteroatoms. The van der Waals surface area contributed by atoms with E-state index in [1.165, 1.54) is 23.2 Å². The Hall–Kier alpha value is -3.42. The maximum absolute atomic E-state index is 13.4. The van der Waals surface area contributed by atoms with Crippen LogP contribution >= 0.6 is 0 Å². The van der Waals surface area contributed by atoms with E-state index in [4.69, 9.17) is 0 Å². The summed E-state index contributed by atoms with van der Waals surface area (Å²) in [6.07, 6.45) is 3.40. The third-order valence-corrected chi connectivity index (χ3v) is 5.58.